The Balaban J connectivity index is 3.47. The second kappa shape index (κ2) is 4.48. The van der Waals surface area contributed by atoms with Gasteiger partial charge in [-0.05, 0) is 44.6 Å². The van der Waals surface area contributed by atoms with Crippen LogP contribution in [0.15, 0.2) is 10.7 Å². The Morgan fingerprint density at radius 1 is 1.33 bits per heavy atom. The minimum absolute atomic E-state index is 0.122. The lowest BCUT2D eigenvalue weighted by molar-refractivity contribution is -0.143. The minimum atomic E-state index is -4.88. The van der Waals surface area contributed by atoms with Gasteiger partial charge in [-0.25, -0.2) is 13.8 Å². The van der Waals surface area contributed by atoms with E-state index in [0.717, 1.165) is 6.07 Å². The highest BCUT2D eigenvalue weighted by molar-refractivity contribution is 14.1. The van der Waals surface area contributed by atoms with E-state index in [1.807, 2.05) is 0 Å². The highest BCUT2D eigenvalue weighted by Crippen LogP contribution is 2.38. The predicted octanol–water partition coefficient (Wildman–Crippen LogP) is 4.41. The van der Waals surface area contributed by atoms with E-state index >= 15 is 0 Å². The molecule has 0 amide bonds. The van der Waals surface area contributed by atoms with Crippen molar-refractivity contribution in [3.8, 4) is 0 Å². The monoisotopic (exact) mass is 401 g/mol. The van der Waals surface area contributed by atoms with Crippen LogP contribution in [0.4, 0.5) is 22.0 Å². The Morgan fingerprint density at radius 3 is 2.27 bits per heavy atom. The van der Waals surface area contributed by atoms with Gasteiger partial charge in [-0.15, -0.1) is 0 Å². The average molecular weight is 402 g/mol. The van der Waals surface area contributed by atoms with Crippen LogP contribution in [-0.2, 0) is 6.18 Å². The number of nitrogens with zero attached hydrogens (tertiary/aromatic N) is 1. The van der Waals surface area contributed by atoms with E-state index in [4.69, 9.17) is 0 Å². The van der Waals surface area contributed by atoms with Gasteiger partial charge in [0.25, 0.3) is 6.43 Å². The second-order valence-corrected chi connectivity index (χ2v) is 4.46. The first kappa shape index (κ1) is 13.1. The third-order valence-electron chi connectivity index (χ3n) is 1.46. The number of halogens is 7. The molecule has 0 atom stereocenters. The van der Waals surface area contributed by atoms with Crippen molar-refractivity contribution in [3.05, 3.63) is 25.5 Å². The first-order valence-corrected chi connectivity index (χ1v) is 5.32. The van der Waals surface area contributed by atoms with Crippen LogP contribution in [0, 0.1) is 3.57 Å². The van der Waals surface area contributed by atoms with Crippen molar-refractivity contribution in [2.75, 3.05) is 0 Å². The number of alkyl halides is 5. The molecule has 1 rings (SSSR count). The molecule has 1 heterocycles. The van der Waals surface area contributed by atoms with Gasteiger partial charge in [-0.1, -0.05) is 0 Å². The molecule has 84 valence electrons. The summed E-state index contributed by atoms with van der Waals surface area (Å²) < 4.78 is 61.5. The number of hydrogen-bond acceptors (Lipinski definition) is 1. The van der Waals surface area contributed by atoms with Crippen molar-refractivity contribution in [2.45, 2.75) is 12.6 Å². The summed E-state index contributed by atoms with van der Waals surface area (Å²) in [4.78, 5) is 3.03. The van der Waals surface area contributed by atoms with Gasteiger partial charge < -0.3 is 0 Å². The molecule has 0 unspecified atom stereocenters. The van der Waals surface area contributed by atoms with Crippen LogP contribution in [-0.4, -0.2) is 4.98 Å². The van der Waals surface area contributed by atoms with E-state index in [0.29, 0.717) is 0 Å². The van der Waals surface area contributed by atoms with E-state index in [2.05, 4.69) is 20.9 Å². The van der Waals surface area contributed by atoms with Crippen molar-refractivity contribution in [2.24, 2.45) is 0 Å². The van der Waals surface area contributed by atoms with Gasteiger partial charge in [-0.2, -0.15) is 13.2 Å². The molecule has 0 saturated heterocycles. The van der Waals surface area contributed by atoms with Crippen molar-refractivity contribution < 1.29 is 22.0 Å². The number of rotatable bonds is 1. The van der Waals surface area contributed by atoms with Crippen LogP contribution < -0.4 is 0 Å². The first-order valence-electron chi connectivity index (χ1n) is 3.44. The molecule has 0 aliphatic rings. The van der Waals surface area contributed by atoms with Gasteiger partial charge in [0.1, 0.15) is 4.60 Å². The zero-order valence-electron chi connectivity index (χ0n) is 6.75. The summed E-state index contributed by atoms with van der Waals surface area (Å²) in [6.45, 7) is 0. The van der Waals surface area contributed by atoms with E-state index in [1.54, 1.807) is 0 Å². The maximum atomic E-state index is 12.4. The Hall–Kier alpha value is 0.01000. The molecule has 15 heavy (non-hydrogen) atoms. The van der Waals surface area contributed by atoms with Crippen LogP contribution in [0.3, 0.4) is 0 Å². The molecule has 0 spiro atoms. The zero-order valence-corrected chi connectivity index (χ0v) is 10.5. The highest BCUT2D eigenvalue weighted by atomic mass is 127. The normalized spacial score (nSPS) is 12.3. The Labute approximate surface area is 103 Å². The van der Waals surface area contributed by atoms with E-state index in [-0.39, 0.29) is 8.17 Å². The Kier molecular flexibility index (Phi) is 3.90. The molecule has 1 nitrogen and oxygen atoms in total. The molecule has 0 aliphatic carbocycles. The van der Waals surface area contributed by atoms with Gasteiger partial charge in [0.2, 0.25) is 0 Å². The van der Waals surface area contributed by atoms with Gasteiger partial charge in [-0.3, -0.25) is 0 Å². The molecular formula is C7H2BrF5IN. The largest absolute Gasteiger partial charge is 0.433 e. The van der Waals surface area contributed by atoms with Crippen LogP contribution in [0.1, 0.15) is 17.7 Å². The maximum absolute atomic E-state index is 12.4. The summed E-state index contributed by atoms with van der Waals surface area (Å²) in [6.07, 6.45) is -8.08. The lowest BCUT2D eigenvalue weighted by atomic mass is 10.2. The molecule has 1 aromatic rings. The molecule has 0 radical (unpaired) electrons. The zero-order chi connectivity index (χ0) is 11.8. The average Bonchev–Trinajstić information content (AvgIpc) is 1.99. The number of hydrogen-bond donors (Lipinski definition) is 0. The molecule has 1 aromatic heterocycles. The SMILES string of the molecule is FC(F)c1c(I)cc(Br)nc1C(F)(F)F. The van der Waals surface area contributed by atoms with E-state index in [1.165, 1.54) is 22.6 Å². The van der Waals surface area contributed by atoms with Crippen LogP contribution in [0.5, 0.6) is 0 Å². The standard InChI is InChI=1S/C7H2BrF5IN/c8-3-1-2(14)4(6(9)10)5(15-3)7(11,12)13/h1,6H. The molecule has 0 aliphatic heterocycles. The maximum Gasteiger partial charge on any atom is 0.433 e. The summed E-state index contributed by atoms with van der Waals surface area (Å²) in [5, 5.41) is 0. The summed E-state index contributed by atoms with van der Waals surface area (Å²) in [6, 6.07) is 1.11. The fraction of sp³-hybridized carbons (Fsp3) is 0.286. The topological polar surface area (TPSA) is 12.9 Å². The van der Waals surface area contributed by atoms with Crippen molar-refractivity contribution in [1.82, 2.24) is 4.98 Å². The summed E-state index contributed by atoms with van der Waals surface area (Å²) in [5.41, 5.74) is -2.62. The molecule has 0 N–H and O–H groups in total. The third-order valence-corrected chi connectivity index (χ3v) is 2.76. The van der Waals surface area contributed by atoms with Gasteiger partial charge in [0.05, 0.1) is 5.56 Å². The van der Waals surface area contributed by atoms with Gasteiger partial charge >= 0.3 is 6.18 Å². The summed E-state index contributed by atoms with van der Waals surface area (Å²) in [7, 11) is 0. The van der Waals surface area contributed by atoms with Crippen molar-refractivity contribution in [1.29, 1.82) is 0 Å². The quantitative estimate of drug-likeness (QED) is 0.386. The minimum Gasteiger partial charge on any atom is -0.236 e. The smallest absolute Gasteiger partial charge is 0.236 e. The Bertz CT molecular complexity index is 378. The highest BCUT2D eigenvalue weighted by Gasteiger charge is 2.39. The van der Waals surface area contributed by atoms with E-state index < -0.39 is 23.9 Å². The third kappa shape index (κ3) is 2.99. The van der Waals surface area contributed by atoms with Gasteiger partial charge in [0, 0.05) is 3.57 Å². The Morgan fingerprint density at radius 2 is 1.87 bits per heavy atom. The summed E-state index contributed by atoms with van der Waals surface area (Å²) >= 11 is 4.14. The molecule has 0 aromatic carbocycles. The van der Waals surface area contributed by atoms with Crippen molar-refractivity contribution >= 4 is 38.5 Å². The van der Waals surface area contributed by atoms with Crippen LogP contribution >= 0.6 is 38.5 Å². The number of pyridine rings is 1. The first-order chi connectivity index (χ1) is 6.73. The lowest BCUT2D eigenvalue weighted by Gasteiger charge is -2.13. The van der Waals surface area contributed by atoms with Gasteiger partial charge in [0.15, 0.2) is 5.69 Å². The van der Waals surface area contributed by atoms with Crippen molar-refractivity contribution in [3.63, 3.8) is 0 Å². The molecule has 0 fully saturated rings. The van der Waals surface area contributed by atoms with Crippen LogP contribution in [0.2, 0.25) is 0 Å². The van der Waals surface area contributed by atoms with Crippen LogP contribution in [0.25, 0.3) is 0 Å². The molecule has 0 saturated carbocycles. The fourth-order valence-corrected chi connectivity index (χ4v) is 2.54. The van der Waals surface area contributed by atoms with E-state index in [9.17, 15) is 22.0 Å². The molecule has 0 bridgehead atoms. The molecular weight excluding hydrogens is 400 g/mol. The summed E-state index contributed by atoms with van der Waals surface area (Å²) in [5.74, 6) is 0. The predicted molar refractivity (Wildman–Crippen MR) is 54.6 cm³/mol. The molecule has 8 heteroatoms. The fourth-order valence-electron chi connectivity index (χ4n) is 0.918. The lowest BCUT2D eigenvalue weighted by Crippen LogP contribution is -2.14. The second-order valence-electron chi connectivity index (χ2n) is 2.49. The number of aromatic nitrogens is 1.